The second-order valence-electron chi connectivity index (χ2n) is 3.45. The van der Waals surface area contributed by atoms with Crippen molar-refractivity contribution in [2.24, 2.45) is 0 Å². The third kappa shape index (κ3) is 1.90. The smallest absolute Gasteiger partial charge is 0.305 e. The van der Waals surface area contributed by atoms with Gasteiger partial charge in [0, 0.05) is 31.2 Å². The number of nitrogens with zero attached hydrogens (tertiary/aromatic N) is 3. The number of non-ortho nitro benzene ring substituents is 1. The van der Waals surface area contributed by atoms with Gasteiger partial charge < -0.3 is 9.63 Å². The summed E-state index contributed by atoms with van der Waals surface area (Å²) in [5.74, 6) is -1.35. The van der Waals surface area contributed by atoms with Gasteiger partial charge in [0.15, 0.2) is 5.95 Å². The number of benzene rings is 1. The molecule has 18 heavy (non-hydrogen) atoms. The predicted octanol–water partition coefficient (Wildman–Crippen LogP) is 0.136. The topological polar surface area (TPSA) is 113 Å². The molecule has 0 N–H and O–H groups in total. The summed E-state index contributed by atoms with van der Waals surface area (Å²) in [6.07, 6.45) is 0. The number of Topliss-reactive ketones (excluding diaryl/α,β-unsaturated/α-hetero) is 1. The van der Waals surface area contributed by atoms with Crippen molar-refractivity contribution in [3.05, 3.63) is 40.1 Å². The van der Waals surface area contributed by atoms with Gasteiger partial charge in [0.25, 0.3) is 5.69 Å². The van der Waals surface area contributed by atoms with Gasteiger partial charge in [0.2, 0.25) is 11.5 Å². The molecule has 0 aliphatic heterocycles. The van der Waals surface area contributed by atoms with Gasteiger partial charge in [-0.2, -0.15) is 0 Å². The molecule has 0 radical (unpaired) electrons. The Morgan fingerprint density at radius 3 is 2.50 bits per heavy atom. The lowest BCUT2D eigenvalue weighted by atomic mass is 10.2. The molecule has 0 spiro atoms. The van der Waals surface area contributed by atoms with Crippen molar-refractivity contribution in [2.75, 3.05) is 0 Å². The summed E-state index contributed by atoms with van der Waals surface area (Å²) in [6.45, 7) is 1.20. The van der Waals surface area contributed by atoms with E-state index in [0.29, 0.717) is 5.69 Å². The van der Waals surface area contributed by atoms with Crippen LogP contribution in [0.2, 0.25) is 0 Å². The van der Waals surface area contributed by atoms with Crippen LogP contribution in [0.15, 0.2) is 28.8 Å². The lowest BCUT2D eigenvalue weighted by molar-refractivity contribution is -0.672. The number of hydrogen-bond acceptors (Lipinski definition) is 6. The van der Waals surface area contributed by atoms with Crippen LogP contribution in [0.4, 0.5) is 5.69 Å². The zero-order valence-electron chi connectivity index (χ0n) is 9.19. The second-order valence-corrected chi connectivity index (χ2v) is 3.45. The molecule has 0 saturated heterocycles. The van der Waals surface area contributed by atoms with Crippen molar-refractivity contribution in [1.82, 2.24) is 5.27 Å². The number of carbonyl (C=O) groups excluding carboxylic acids is 1. The molecular formula is C10H7N3O5. The van der Waals surface area contributed by atoms with Gasteiger partial charge in [0.1, 0.15) is 0 Å². The van der Waals surface area contributed by atoms with Gasteiger partial charge >= 0.3 is 5.69 Å². The van der Waals surface area contributed by atoms with Gasteiger partial charge in [0.05, 0.1) is 10.2 Å². The lowest BCUT2D eigenvalue weighted by Crippen LogP contribution is -2.38. The van der Waals surface area contributed by atoms with Crippen LogP contribution in [-0.4, -0.2) is 16.0 Å². The summed E-state index contributed by atoms with van der Waals surface area (Å²) in [5, 5.41) is 25.2. The summed E-state index contributed by atoms with van der Waals surface area (Å²) < 4.78 is 5.40. The van der Waals surface area contributed by atoms with Crippen LogP contribution in [0.3, 0.4) is 0 Å². The van der Waals surface area contributed by atoms with E-state index in [1.54, 1.807) is 0 Å². The Kier molecular flexibility index (Phi) is 2.76. The first-order valence-electron chi connectivity index (χ1n) is 4.85. The first-order chi connectivity index (χ1) is 8.50. The molecule has 0 aliphatic carbocycles. The zero-order valence-corrected chi connectivity index (χ0v) is 9.19. The van der Waals surface area contributed by atoms with Crippen molar-refractivity contribution < 1.29 is 24.0 Å². The maximum atomic E-state index is 11.3. The maximum absolute atomic E-state index is 11.3. The first-order valence-corrected chi connectivity index (χ1v) is 4.85. The van der Waals surface area contributed by atoms with Crippen LogP contribution < -0.4 is 9.79 Å². The molecule has 1 heterocycles. The van der Waals surface area contributed by atoms with Crippen molar-refractivity contribution in [1.29, 1.82) is 0 Å². The molecule has 0 unspecified atom stereocenters. The third-order valence-corrected chi connectivity index (χ3v) is 2.25. The van der Waals surface area contributed by atoms with E-state index in [1.165, 1.54) is 31.2 Å². The molecule has 2 rings (SSSR count). The van der Waals surface area contributed by atoms with E-state index in [2.05, 4.69) is 9.79 Å². The Hall–Kier alpha value is -2.77. The Bertz CT molecular complexity index is 617. The number of ketones is 1. The molecule has 0 fully saturated rings. The fourth-order valence-corrected chi connectivity index (χ4v) is 1.43. The maximum Gasteiger partial charge on any atom is 0.305 e. The second kappa shape index (κ2) is 4.24. The molecule has 0 aliphatic rings. The molecule has 0 amide bonds. The van der Waals surface area contributed by atoms with Gasteiger partial charge in [-0.25, -0.2) is 0 Å². The largest absolute Gasteiger partial charge is 0.539 e. The van der Waals surface area contributed by atoms with Crippen LogP contribution in [0, 0.1) is 10.1 Å². The molecule has 1 aromatic heterocycles. The Labute approximate surface area is 100 Å². The Morgan fingerprint density at radius 2 is 2.00 bits per heavy atom. The fourth-order valence-electron chi connectivity index (χ4n) is 1.43. The average molecular weight is 249 g/mol. The number of rotatable bonds is 3. The molecule has 0 saturated carbocycles. The van der Waals surface area contributed by atoms with E-state index < -0.39 is 16.7 Å². The van der Waals surface area contributed by atoms with Crippen molar-refractivity contribution in [3.8, 4) is 11.6 Å². The lowest BCUT2D eigenvalue weighted by Gasteiger charge is -1.93. The Morgan fingerprint density at radius 1 is 1.39 bits per heavy atom. The number of nitro groups is 1. The highest BCUT2D eigenvalue weighted by Gasteiger charge is 2.24. The van der Waals surface area contributed by atoms with Crippen molar-refractivity contribution >= 4 is 11.5 Å². The van der Waals surface area contributed by atoms with Crippen molar-refractivity contribution in [2.45, 2.75) is 6.92 Å². The molecule has 0 atom stereocenters. The van der Waals surface area contributed by atoms with E-state index >= 15 is 0 Å². The quantitative estimate of drug-likeness (QED) is 0.331. The van der Waals surface area contributed by atoms with Gasteiger partial charge in [-0.1, -0.05) is 0 Å². The highest BCUT2D eigenvalue weighted by atomic mass is 16.6. The third-order valence-electron chi connectivity index (χ3n) is 2.25. The number of hydrogen-bond donors (Lipinski definition) is 0. The number of nitro benzene ring substituents is 1. The summed E-state index contributed by atoms with van der Waals surface area (Å²) >= 11 is 0. The number of carbonyl (C=O) groups is 1. The first kappa shape index (κ1) is 11.7. The standard InChI is InChI=1S/C10H7N3O5/c1-6(14)9-10(15)18-11-12(9)7-2-4-8(5-3-7)13(16)17/h2-5H,1H3. The van der Waals surface area contributed by atoms with E-state index in [9.17, 15) is 20.0 Å². The van der Waals surface area contributed by atoms with E-state index in [1.807, 2.05) is 0 Å². The molecule has 2 aromatic rings. The molecule has 1 aromatic carbocycles. The zero-order chi connectivity index (χ0) is 13.3. The summed E-state index contributed by atoms with van der Waals surface area (Å²) in [6, 6.07) is 5.22. The molecule has 92 valence electrons. The average Bonchev–Trinajstić information content (AvgIpc) is 2.71. The van der Waals surface area contributed by atoms with Gasteiger partial charge in [-0.05, 0) is 4.68 Å². The fraction of sp³-hybridized carbons (Fsp3) is 0.100. The van der Waals surface area contributed by atoms with Gasteiger partial charge in [-0.15, -0.1) is 0 Å². The normalized spacial score (nSPS) is 10.3. The molecule has 0 bridgehead atoms. The van der Waals surface area contributed by atoms with Crippen LogP contribution in [0.25, 0.3) is 5.69 Å². The SMILES string of the molecule is CC(=O)c1c([O-])on[n+]1-c1ccc([N+](=O)[O-])cc1. The summed E-state index contributed by atoms with van der Waals surface area (Å²) in [7, 11) is 0. The van der Waals surface area contributed by atoms with Crippen molar-refractivity contribution in [3.63, 3.8) is 0 Å². The van der Waals surface area contributed by atoms with E-state index in [0.717, 1.165) is 4.68 Å². The predicted molar refractivity (Wildman–Crippen MR) is 54.1 cm³/mol. The Balaban J connectivity index is 2.49. The van der Waals surface area contributed by atoms with Crippen LogP contribution in [0.1, 0.15) is 17.4 Å². The molecule has 8 nitrogen and oxygen atoms in total. The molecule has 8 heteroatoms. The van der Waals surface area contributed by atoms with E-state index in [4.69, 9.17) is 0 Å². The highest BCUT2D eigenvalue weighted by Crippen LogP contribution is 2.14. The van der Waals surface area contributed by atoms with Gasteiger partial charge in [-0.3, -0.25) is 14.9 Å². The minimum Gasteiger partial charge on any atom is -0.539 e. The van der Waals surface area contributed by atoms with E-state index in [-0.39, 0.29) is 11.4 Å². The van der Waals surface area contributed by atoms with Crippen LogP contribution >= 0.6 is 0 Å². The minimum atomic E-state index is -0.846. The summed E-state index contributed by atoms with van der Waals surface area (Å²) in [4.78, 5) is 21.2. The highest BCUT2D eigenvalue weighted by molar-refractivity contribution is 5.92. The monoisotopic (exact) mass is 249 g/mol. The number of aromatic nitrogens is 2. The van der Waals surface area contributed by atoms with Crippen LogP contribution in [0.5, 0.6) is 5.95 Å². The minimum absolute atomic E-state index is 0.102. The van der Waals surface area contributed by atoms with Crippen LogP contribution in [-0.2, 0) is 0 Å². The molecular weight excluding hydrogens is 242 g/mol. The summed E-state index contributed by atoms with van der Waals surface area (Å²) in [5.41, 5.74) is -0.00456.